The summed E-state index contributed by atoms with van der Waals surface area (Å²) < 4.78 is 0. The molecule has 4 heteroatoms. The van der Waals surface area contributed by atoms with Gasteiger partial charge in [0.1, 0.15) is 0 Å². The maximum absolute atomic E-state index is 11.7. The highest BCUT2D eigenvalue weighted by molar-refractivity contribution is 6.05. The largest absolute Gasteiger partial charge is 0.478 e. The Labute approximate surface area is 94.1 Å². The molecular formula is C12H15NO3. The zero-order valence-electron chi connectivity index (χ0n) is 8.98. The van der Waals surface area contributed by atoms with Gasteiger partial charge >= 0.3 is 5.97 Å². The van der Waals surface area contributed by atoms with Crippen LogP contribution in [0.15, 0.2) is 24.3 Å². The average Bonchev–Trinajstić information content (AvgIpc) is 2.29. The van der Waals surface area contributed by atoms with Gasteiger partial charge in [-0.2, -0.15) is 0 Å². The molecule has 0 fully saturated rings. The molecule has 4 nitrogen and oxygen atoms in total. The van der Waals surface area contributed by atoms with Crippen molar-refractivity contribution in [1.82, 2.24) is 0 Å². The fourth-order valence-corrected chi connectivity index (χ4v) is 1.48. The van der Waals surface area contributed by atoms with Gasteiger partial charge in [-0.1, -0.05) is 18.2 Å². The van der Waals surface area contributed by atoms with Gasteiger partial charge in [-0.05, 0) is 25.5 Å². The molecule has 0 saturated carbocycles. The second kappa shape index (κ2) is 6.02. The quantitative estimate of drug-likeness (QED) is 0.566. The molecule has 16 heavy (non-hydrogen) atoms. The lowest BCUT2D eigenvalue weighted by Crippen LogP contribution is -2.09. The molecule has 86 valence electrons. The fraction of sp³-hybridized carbons (Fsp3) is 0.333. The van der Waals surface area contributed by atoms with Crippen LogP contribution >= 0.6 is 0 Å². The molecule has 0 unspecified atom stereocenters. The number of ketones is 1. The summed E-state index contributed by atoms with van der Waals surface area (Å²) in [5.41, 5.74) is 5.68. The van der Waals surface area contributed by atoms with Crippen LogP contribution in [0.1, 0.15) is 40.0 Å². The lowest BCUT2D eigenvalue weighted by molar-refractivity contribution is 0.0691. The summed E-state index contributed by atoms with van der Waals surface area (Å²) in [6.45, 7) is 0.549. The van der Waals surface area contributed by atoms with Crippen LogP contribution in [0.2, 0.25) is 0 Å². The zero-order valence-corrected chi connectivity index (χ0v) is 8.98. The van der Waals surface area contributed by atoms with Crippen molar-refractivity contribution < 1.29 is 14.7 Å². The SMILES string of the molecule is NCCCCC(=O)c1ccccc1C(=O)O. The molecule has 0 heterocycles. The van der Waals surface area contributed by atoms with Crippen LogP contribution in [-0.4, -0.2) is 23.4 Å². The van der Waals surface area contributed by atoms with Crippen molar-refractivity contribution in [2.75, 3.05) is 6.54 Å². The Kier molecular flexibility index (Phi) is 4.66. The second-order valence-corrected chi connectivity index (χ2v) is 3.52. The molecule has 1 aromatic carbocycles. The third kappa shape index (κ3) is 3.17. The van der Waals surface area contributed by atoms with Crippen LogP contribution in [0, 0.1) is 0 Å². The van der Waals surface area contributed by atoms with Crippen molar-refractivity contribution in [1.29, 1.82) is 0 Å². The average molecular weight is 221 g/mol. The van der Waals surface area contributed by atoms with Gasteiger partial charge in [0.25, 0.3) is 0 Å². The van der Waals surface area contributed by atoms with E-state index in [0.29, 0.717) is 19.4 Å². The number of carboxylic acid groups (broad SMARTS) is 1. The van der Waals surface area contributed by atoms with Crippen LogP contribution in [-0.2, 0) is 0 Å². The normalized spacial score (nSPS) is 10.1. The minimum Gasteiger partial charge on any atom is -0.478 e. The first-order valence-electron chi connectivity index (χ1n) is 5.22. The highest BCUT2D eigenvalue weighted by Gasteiger charge is 2.14. The monoisotopic (exact) mass is 221 g/mol. The van der Waals surface area contributed by atoms with E-state index >= 15 is 0 Å². The van der Waals surface area contributed by atoms with Crippen molar-refractivity contribution in [2.24, 2.45) is 5.73 Å². The Morgan fingerprint density at radius 2 is 1.75 bits per heavy atom. The number of carbonyl (C=O) groups excluding carboxylic acids is 1. The van der Waals surface area contributed by atoms with Crippen molar-refractivity contribution in [3.63, 3.8) is 0 Å². The molecule has 0 bridgehead atoms. The van der Waals surface area contributed by atoms with Gasteiger partial charge in [-0.25, -0.2) is 4.79 Å². The van der Waals surface area contributed by atoms with Crippen LogP contribution < -0.4 is 5.73 Å². The molecule has 0 aliphatic heterocycles. The van der Waals surface area contributed by atoms with Crippen molar-refractivity contribution in [3.05, 3.63) is 35.4 Å². The van der Waals surface area contributed by atoms with E-state index in [0.717, 1.165) is 6.42 Å². The van der Waals surface area contributed by atoms with Crippen molar-refractivity contribution in [3.8, 4) is 0 Å². The molecule has 0 amide bonds. The van der Waals surface area contributed by atoms with Crippen LogP contribution in [0.5, 0.6) is 0 Å². The van der Waals surface area contributed by atoms with Crippen molar-refractivity contribution in [2.45, 2.75) is 19.3 Å². The standard InChI is InChI=1S/C12H15NO3/c13-8-4-3-7-11(14)9-5-1-2-6-10(9)12(15)16/h1-2,5-6H,3-4,7-8,13H2,(H,15,16). The fourth-order valence-electron chi connectivity index (χ4n) is 1.48. The summed E-state index contributed by atoms with van der Waals surface area (Å²) in [4.78, 5) is 22.6. The van der Waals surface area contributed by atoms with E-state index < -0.39 is 5.97 Å². The highest BCUT2D eigenvalue weighted by atomic mass is 16.4. The summed E-state index contributed by atoms with van der Waals surface area (Å²) in [6.07, 6.45) is 1.83. The lowest BCUT2D eigenvalue weighted by atomic mass is 10.00. The predicted molar refractivity (Wildman–Crippen MR) is 60.6 cm³/mol. The Morgan fingerprint density at radius 3 is 2.31 bits per heavy atom. The van der Waals surface area contributed by atoms with Crippen LogP contribution in [0.25, 0.3) is 0 Å². The number of hydrogen-bond donors (Lipinski definition) is 2. The van der Waals surface area contributed by atoms with E-state index in [2.05, 4.69) is 0 Å². The summed E-state index contributed by atoms with van der Waals surface area (Å²) in [5.74, 6) is -1.20. The number of carboxylic acids is 1. The molecule has 0 aliphatic carbocycles. The van der Waals surface area contributed by atoms with E-state index in [9.17, 15) is 9.59 Å². The Hall–Kier alpha value is -1.68. The molecule has 1 rings (SSSR count). The molecule has 0 aromatic heterocycles. The molecule has 0 atom stereocenters. The summed E-state index contributed by atoms with van der Waals surface area (Å²) >= 11 is 0. The molecule has 0 radical (unpaired) electrons. The number of benzene rings is 1. The lowest BCUT2D eigenvalue weighted by Gasteiger charge is -2.04. The highest BCUT2D eigenvalue weighted by Crippen LogP contribution is 2.12. The van der Waals surface area contributed by atoms with Gasteiger partial charge in [-0.3, -0.25) is 4.79 Å². The number of carbonyl (C=O) groups is 2. The summed E-state index contributed by atoms with van der Waals surface area (Å²) in [7, 11) is 0. The van der Waals surface area contributed by atoms with Gasteiger partial charge in [0.2, 0.25) is 0 Å². The molecule has 0 saturated heterocycles. The molecule has 0 spiro atoms. The molecule has 1 aromatic rings. The second-order valence-electron chi connectivity index (χ2n) is 3.52. The number of hydrogen-bond acceptors (Lipinski definition) is 3. The number of nitrogens with two attached hydrogens (primary N) is 1. The maximum Gasteiger partial charge on any atom is 0.336 e. The first-order chi connectivity index (χ1) is 7.66. The Balaban J connectivity index is 2.78. The number of Topliss-reactive ketones (excluding diaryl/α,β-unsaturated/α-hetero) is 1. The summed E-state index contributed by atoms with van der Waals surface area (Å²) in [6, 6.07) is 6.27. The minimum absolute atomic E-state index is 0.0697. The first-order valence-corrected chi connectivity index (χ1v) is 5.22. The van der Waals surface area contributed by atoms with Gasteiger partial charge < -0.3 is 10.8 Å². The topological polar surface area (TPSA) is 80.4 Å². The summed E-state index contributed by atoms with van der Waals surface area (Å²) in [5, 5.41) is 8.91. The maximum atomic E-state index is 11.7. The molecular weight excluding hydrogens is 206 g/mol. The smallest absolute Gasteiger partial charge is 0.336 e. The molecule has 3 N–H and O–H groups in total. The number of aromatic carboxylic acids is 1. The van der Waals surface area contributed by atoms with Gasteiger partial charge in [0.05, 0.1) is 5.56 Å². The third-order valence-corrected chi connectivity index (χ3v) is 2.32. The van der Waals surface area contributed by atoms with E-state index in [1.54, 1.807) is 18.2 Å². The first kappa shape index (κ1) is 12.4. The third-order valence-electron chi connectivity index (χ3n) is 2.32. The van der Waals surface area contributed by atoms with E-state index in [-0.39, 0.29) is 16.9 Å². The van der Waals surface area contributed by atoms with Gasteiger partial charge in [-0.15, -0.1) is 0 Å². The van der Waals surface area contributed by atoms with Crippen molar-refractivity contribution >= 4 is 11.8 Å². The predicted octanol–water partition coefficient (Wildman–Crippen LogP) is 1.70. The van der Waals surface area contributed by atoms with Crippen LogP contribution in [0.4, 0.5) is 0 Å². The van der Waals surface area contributed by atoms with E-state index in [4.69, 9.17) is 10.8 Å². The molecule has 0 aliphatic rings. The van der Waals surface area contributed by atoms with Gasteiger partial charge in [0, 0.05) is 12.0 Å². The zero-order chi connectivity index (χ0) is 12.0. The minimum atomic E-state index is -1.07. The van der Waals surface area contributed by atoms with Crippen LogP contribution in [0.3, 0.4) is 0 Å². The van der Waals surface area contributed by atoms with E-state index in [1.165, 1.54) is 6.07 Å². The Morgan fingerprint density at radius 1 is 1.12 bits per heavy atom. The number of unbranched alkanes of at least 4 members (excludes halogenated alkanes) is 1. The van der Waals surface area contributed by atoms with Gasteiger partial charge in [0.15, 0.2) is 5.78 Å². The Bertz CT molecular complexity index is 388. The number of rotatable bonds is 6. The van der Waals surface area contributed by atoms with E-state index in [1.807, 2.05) is 0 Å².